The maximum atomic E-state index is 11.0. The number of nitro groups is 1. The molecule has 1 aliphatic heterocycles. The lowest BCUT2D eigenvalue weighted by molar-refractivity contribution is -0.384. The predicted octanol–water partition coefficient (Wildman–Crippen LogP) is 3.50. The van der Waals surface area contributed by atoms with Gasteiger partial charge in [0.15, 0.2) is 0 Å². The molecule has 0 amide bonds. The average Bonchev–Trinajstić information content (AvgIpc) is 2.40. The standard InChI is InChI=1S/C14H20BrN3O2/c1-11-3-2-7-17(10-11)8-6-16-13-5-4-12(15)9-14(13)18(19)20/h4-5,9,11,16H,2-3,6-8,10H2,1H3. The van der Waals surface area contributed by atoms with Crippen molar-refractivity contribution >= 4 is 27.3 Å². The van der Waals surface area contributed by atoms with Crippen LogP contribution >= 0.6 is 15.9 Å². The second-order valence-electron chi connectivity index (χ2n) is 5.39. The quantitative estimate of drug-likeness (QED) is 0.657. The lowest BCUT2D eigenvalue weighted by atomic mass is 10.0. The van der Waals surface area contributed by atoms with Crippen molar-refractivity contribution in [3.8, 4) is 0 Å². The second-order valence-corrected chi connectivity index (χ2v) is 6.31. The SMILES string of the molecule is CC1CCCN(CCNc2ccc(Br)cc2[N+](=O)[O-])C1. The first-order chi connectivity index (χ1) is 9.56. The molecule has 2 rings (SSSR count). The lowest BCUT2D eigenvalue weighted by Gasteiger charge is -2.30. The molecule has 1 atom stereocenters. The van der Waals surface area contributed by atoms with E-state index in [0.29, 0.717) is 5.69 Å². The Balaban J connectivity index is 1.89. The minimum atomic E-state index is -0.351. The van der Waals surface area contributed by atoms with E-state index in [1.807, 2.05) is 6.07 Å². The van der Waals surface area contributed by atoms with Gasteiger partial charge in [0.1, 0.15) is 5.69 Å². The summed E-state index contributed by atoms with van der Waals surface area (Å²) in [6.45, 7) is 6.20. The molecule has 20 heavy (non-hydrogen) atoms. The van der Waals surface area contributed by atoms with E-state index in [1.54, 1.807) is 6.07 Å². The van der Waals surface area contributed by atoms with Crippen LogP contribution in [0.15, 0.2) is 22.7 Å². The molecule has 1 N–H and O–H groups in total. The van der Waals surface area contributed by atoms with Crippen molar-refractivity contribution in [2.24, 2.45) is 5.92 Å². The average molecular weight is 342 g/mol. The van der Waals surface area contributed by atoms with Gasteiger partial charge in [-0.15, -0.1) is 0 Å². The number of halogens is 1. The Morgan fingerprint density at radius 2 is 2.35 bits per heavy atom. The van der Waals surface area contributed by atoms with Crippen LogP contribution in [0, 0.1) is 16.0 Å². The van der Waals surface area contributed by atoms with Crippen molar-refractivity contribution in [2.45, 2.75) is 19.8 Å². The zero-order chi connectivity index (χ0) is 14.5. The molecule has 1 heterocycles. The summed E-state index contributed by atoms with van der Waals surface area (Å²) in [6.07, 6.45) is 2.56. The number of nitrogens with one attached hydrogen (secondary N) is 1. The number of hydrogen-bond donors (Lipinski definition) is 1. The van der Waals surface area contributed by atoms with Crippen LogP contribution in [0.3, 0.4) is 0 Å². The number of hydrogen-bond acceptors (Lipinski definition) is 4. The Morgan fingerprint density at radius 1 is 1.55 bits per heavy atom. The number of rotatable bonds is 5. The highest BCUT2D eigenvalue weighted by Crippen LogP contribution is 2.27. The van der Waals surface area contributed by atoms with Gasteiger partial charge in [0, 0.05) is 30.2 Å². The van der Waals surface area contributed by atoms with Crippen LogP contribution < -0.4 is 5.32 Å². The molecule has 1 unspecified atom stereocenters. The van der Waals surface area contributed by atoms with E-state index in [0.717, 1.165) is 36.6 Å². The molecule has 0 bridgehead atoms. The molecule has 110 valence electrons. The fraction of sp³-hybridized carbons (Fsp3) is 0.571. The summed E-state index contributed by atoms with van der Waals surface area (Å²) in [5.41, 5.74) is 0.703. The largest absolute Gasteiger partial charge is 0.378 e. The first-order valence-electron chi connectivity index (χ1n) is 6.96. The van der Waals surface area contributed by atoms with Gasteiger partial charge in [-0.1, -0.05) is 22.9 Å². The molecule has 1 saturated heterocycles. The first kappa shape index (κ1) is 15.3. The van der Waals surface area contributed by atoms with Crippen LogP contribution in [-0.2, 0) is 0 Å². The summed E-state index contributed by atoms with van der Waals surface area (Å²) < 4.78 is 0.722. The molecule has 6 heteroatoms. The van der Waals surface area contributed by atoms with Crippen LogP contribution in [0.2, 0.25) is 0 Å². The summed E-state index contributed by atoms with van der Waals surface area (Å²) >= 11 is 3.26. The minimum Gasteiger partial charge on any atom is -0.378 e. The molecular formula is C14H20BrN3O2. The molecule has 1 fully saturated rings. The van der Waals surface area contributed by atoms with Gasteiger partial charge in [0.2, 0.25) is 0 Å². The first-order valence-corrected chi connectivity index (χ1v) is 7.75. The van der Waals surface area contributed by atoms with Gasteiger partial charge in [-0.2, -0.15) is 0 Å². The van der Waals surface area contributed by atoms with E-state index in [2.05, 4.69) is 33.1 Å². The van der Waals surface area contributed by atoms with E-state index in [-0.39, 0.29) is 10.6 Å². The Hall–Kier alpha value is -1.14. The van der Waals surface area contributed by atoms with Crippen molar-refractivity contribution in [1.29, 1.82) is 0 Å². The number of anilines is 1. The summed E-state index contributed by atoms with van der Waals surface area (Å²) in [6, 6.07) is 5.10. The topological polar surface area (TPSA) is 58.4 Å². The highest BCUT2D eigenvalue weighted by atomic mass is 79.9. The normalized spacial score (nSPS) is 19.8. The molecule has 5 nitrogen and oxygen atoms in total. The molecule has 1 aromatic carbocycles. The Kier molecular flexibility index (Phi) is 5.37. The summed E-state index contributed by atoms with van der Waals surface area (Å²) in [4.78, 5) is 13.1. The van der Waals surface area contributed by atoms with Crippen LogP contribution in [0.25, 0.3) is 0 Å². The number of benzene rings is 1. The molecule has 1 aliphatic rings. The third-order valence-corrected chi connectivity index (χ3v) is 4.13. The van der Waals surface area contributed by atoms with E-state index >= 15 is 0 Å². The number of nitro benzene ring substituents is 1. The van der Waals surface area contributed by atoms with Crippen molar-refractivity contribution < 1.29 is 4.92 Å². The lowest BCUT2D eigenvalue weighted by Crippen LogP contribution is -2.37. The number of likely N-dealkylation sites (tertiary alicyclic amines) is 1. The zero-order valence-corrected chi connectivity index (χ0v) is 13.2. The number of piperidine rings is 1. The molecule has 0 saturated carbocycles. The van der Waals surface area contributed by atoms with Gasteiger partial charge in [-0.3, -0.25) is 10.1 Å². The van der Waals surface area contributed by atoms with Gasteiger partial charge in [0.05, 0.1) is 4.92 Å². The second kappa shape index (κ2) is 7.04. The van der Waals surface area contributed by atoms with Crippen molar-refractivity contribution in [1.82, 2.24) is 4.90 Å². The maximum Gasteiger partial charge on any atom is 0.293 e. The molecule has 0 radical (unpaired) electrons. The fourth-order valence-electron chi connectivity index (χ4n) is 2.64. The van der Waals surface area contributed by atoms with E-state index < -0.39 is 0 Å². The van der Waals surface area contributed by atoms with Gasteiger partial charge in [-0.25, -0.2) is 0 Å². The molecular weight excluding hydrogens is 322 g/mol. The summed E-state index contributed by atoms with van der Waals surface area (Å²) in [5, 5.41) is 14.2. The zero-order valence-electron chi connectivity index (χ0n) is 11.6. The van der Waals surface area contributed by atoms with Gasteiger partial charge in [0.25, 0.3) is 5.69 Å². The van der Waals surface area contributed by atoms with E-state index in [4.69, 9.17) is 0 Å². The van der Waals surface area contributed by atoms with Crippen molar-refractivity contribution in [2.75, 3.05) is 31.5 Å². The van der Waals surface area contributed by atoms with Crippen molar-refractivity contribution in [3.05, 3.63) is 32.8 Å². The Bertz CT molecular complexity index is 481. The smallest absolute Gasteiger partial charge is 0.293 e. The fourth-order valence-corrected chi connectivity index (χ4v) is 2.99. The minimum absolute atomic E-state index is 0.117. The maximum absolute atomic E-state index is 11.0. The molecule has 1 aromatic rings. The van der Waals surface area contributed by atoms with Gasteiger partial charge < -0.3 is 10.2 Å². The van der Waals surface area contributed by atoms with Gasteiger partial charge >= 0.3 is 0 Å². The highest BCUT2D eigenvalue weighted by molar-refractivity contribution is 9.10. The van der Waals surface area contributed by atoms with Crippen LogP contribution in [-0.4, -0.2) is 36.0 Å². The van der Waals surface area contributed by atoms with E-state index in [9.17, 15) is 10.1 Å². The van der Waals surface area contributed by atoms with Crippen LogP contribution in [0.5, 0.6) is 0 Å². The third-order valence-electron chi connectivity index (χ3n) is 3.64. The molecule has 0 aliphatic carbocycles. The third kappa shape index (κ3) is 4.18. The van der Waals surface area contributed by atoms with Gasteiger partial charge in [-0.05, 0) is 37.4 Å². The van der Waals surface area contributed by atoms with Crippen LogP contribution in [0.1, 0.15) is 19.8 Å². The van der Waals surface area contributed by atoms with Crippen LogP contribution in [0.4, 0.5) is 11.4 Å². The van der Waals surface area contributed by atoms with Crippen molar-refractivity contribution in [3.63, 3.8) is 0 Å². The predicted molar refractivity (Wildman–Crippen MR) is 84.1 cm³/mol. The molecule has 0 spiro atoms. The Labute approximate surface area is 127 Å². The highest BCUT2D eigenvalue weighted by Gasteiger charge is 2.17. The summed E-state index contributed by atoms with van der Waals surface area (Å²) in [7, 11) is 0. The Morgan fingerprint density at radius 3 is 3.05 bits per heavy atom. The van der Waals surface area contributed by atoms with E-state index in [1.165, 1.54) is 18.9 Å². The number of nitrogens with zero attached hydrogens (tertiary/aromatic N) is 2. The monoisotopic (exact) mass is 341 g/mol. The molecule has 0 aromatic heterocycles. The summed E-state index contributed by atoms with van der Waals surface area (Å²) in [5.74, 6) is 0.755.